The highest BCUT2D eigenvalue weighted by atomic mass is 35.5. The summed E-state index contributed by atoms with van der Waals surface area (Å²) in [6.45, 7) is 0. The molecule has 0 aliphatic rings. The van der Waals surface area contributed by atoms with Gasteiger partial charge in [-0.3, -0.25) is 0 Å². The van der Waals surface area contributed by atoms with Crippen molar-refractivity contribution in [2.45, 2.75) is 0 Å². The molecule has 0 saturated heterocycles. The van der Waals surface area contributed by atoms with Crippen molar-refractivity contribution in [1.29, 1.82) is 0 Å². The third-order valence-electron chi connectivity index (χ3n) is 0.819. The Morgan fingerprint density at radius 2 is 1.80 bits per heavy atom. The van der Waals surface area contributed by atoms with Crippen LogP contribution in [0.3, 0.4) is 0 Å². The Morgan fingerprint density at radius 3 is 2.30 bits per heavy atom. The van der Waals surface area contributed by atoms with Gasteiger partial charge in [0.1, 0.15) is 11.2 Å². The third kappa shape index (κ3) is 1.07. The van der Waals surface area contributed by atoms with Gasteiger partial charge in [-0.05, 0) is 0 Å². The number of halogens is 4. The summed E-state index contributed by atoms with van der Waals surface area (Å²) in [6.07, 6.45) is 1.73. The number of nitrogens with zero attached hydrogens (tertiary/aromatic N) is 1. The number of aromatic nitrogens is 1. The van der Waals surface area contributed by atoms with Crippen LogP contribution in [0.25, 0.3) is 0 Å². The first-order chi connectivity index (χ1) is 4.63. The minimum atomic E-state index is -1.68. The third-order valence-corrected chi connectivity index (χ3v) is 1.07. The molecule has 1 aromatic heterocycles. The van der Waals surface area contributed by atoms with Crippen LogP contribution in [-0.2, 0) is 0 Å². The van der Waals surface area contributed by atoms with E-state index in [1.807, 2.05) is 0 Å². The quantitative estimate of drug-likeness (QED) is 0.537. The number of pyridine rings is 1. The van der Waals surface area contributed by atoms with Crippen LogP contribution in [0.5, 0.6) is 0 Å². The lowest BCUT2D eigenvalue weighted by Gasteiger charge is -1.92. The smallest absolute Gasteiger partial charge is 0.214 e. The fourth-order valence-corrected chi connectivity index (χ4v) is 0.508. The van der Waals surface area contributed by atoms with Gasteiger partial charge in [-0.2, -0.15) is 8.78 Å². The largest absolute Gasteiger partial charge is 0.252 e. The molecular weight excluding hydrogens is 167 g/mol. The zero-order valence-electron chi connectivity index (χ0n) is 4.46. The zero-order chi connectivity index (χ0) is 7.72. The van der Waals surface area contributed by atoms with Gasteiger partial charge in [0.25, 0.3) is 5.95 Å². The van der Waals surface area contributed by atoms with E-state index >= 15 is 0 Å². The number of hydrogen-bond acceptors (Lipinski definition) is 1. The van der Waals surface area contributed by atoms with Crippen molar-refractivity contribution in [2.24, 2.45) is 0 Å². The molecule has 1 aromatic rings. The molecule has 0 aliphatic heterocycles. The zero-order valence-corrected chi connectivity index (χ0v) is 5.22. The summed E-state index contributed by atoms with van der Waals surface area (Å²) in [5.74, 6) is -4.68. The summed E-state index contributed by atoms with van der Waals surface area (Å²) in [5, 5.41) is -0.654. The fraction of sp³-hybridized carbons (Fsp3) is 0. The maximum Gasteiger partial charge on any atom is 0.252 e. The SMILES string of the molecule is Fc1n[c]c(Cl)c(F)c1F. The summed E-state index contributed by atoms with van der Waals surface area (Å²) >= 11 is 4.99. The minimum absolute atomic E-state index is 0.654. The first-order valence-electron chi connectivity index (χ1n) is 2.20. The molecule has 1 nitrogen and oxygen atoms in total. The van der Waals surface area contributed by atoms with Crippen molar-refractivity contribution in [3.63, 3.8) is 0 Å². The topological polar surface area (TPSA) is 12.9 Å². The van der Waals surface area contributed by atoms with Crippen LogP contribution in [0.15, 0.2) is 0 Å². The second-order valence-electron chi connectivity index (χ2n) is 1.46. The summed E-state index contributed by atoms with van der Waals surface area (Å²) in [5.41, 5.74) is 0. The molecule has 0 aromatic carbocycles. The molecule has 1 radical (unpaired) electrons. The van der Waals surface area contributed by atoms with Crippen molar-refractivity contribution in [1.82, 2.24) is 4.98 Å². The number of hydrogen-bond donors (Lipinski definition) is 0. The van der Waals surface area contributed by atoms with Crippen LogP contribution >= 0.6 is 11.6 Å². The van der Waals surface area contributed by atoms with Gasteiger partial charge in [-0.15, -0.1) is 0 Å². The van der Waals surface area contributed by atoms with Crippen LogP contribution in [0.4, 0.5) is 13.2 Å². The molecule has 0 spiro atoms. The summed E-state index contributed by atoms with van der Waals surface area (Å²) < 4.78 is 36.2. The van der Waals surface area contributed by atoms with E-state index in [-0.39, 0.29) is 0 Å². The van der Waals surface area contributed by atoms with E-state index < -0.39 is 22.6 Å². The van der Waals surface area contributed by atoms with Crippen LogP contribution in [-0.4, -0.2) is 4.98 Å². The molecule has 0 atom stereocenters. The Bertz CT molecular complexity index is 236. The second kappa shape index (κ2) is 2.46. The molecule has 0 bridgehead atoms. The van der Waals surface area contributed by atoms with E-state index in [4.69, 9.17) is 11.6 Å². The normalized spacial score (nSPS) is 10.0. The highest BCUT2D eigenvalue weighted by molar-refractivity contribution is 6.30. The van der Waals surface area contributed by atoms with Crippen LogP contribution in [0, 0.1) is 23.8 Å². The average molecular weight is 167 g/mol. The lowest BCUT2D eigenvalue weighted by atomic mass is 10.4. The van der Waals surface area contributed by atoms with Gasteiger partial charge in [-0.25, -0.2) is 9.37 Å². The van der Waals surface area contributed by atoms with Crippen molar-refractivity contribution in [3.05, 3.63) is 28.8 Å². The Morgan fingerprint density at radius 1 is 1.20 bits per heavy atom. The highest BCUT2D eigenvalue weighted by Gasteiger charge is 2.12. The molecule has 0 fully saturated rings. The summed E-state index contributed by atoms with van der Waals surface area (Å²) in [6, 6.07) is 0. The standard InChI is InChI=1S/C5ClF3N/c6-2-1-10-5(9)4(8)3(2)7. The molecule has 10 heavy (non-hydrogen) atoms. The first-order valence-corrected chi connectivity index (χ1v) is 2.58. The maximum absolute atomic E-state index is 12.2. The molecule has 1 heterocycles. The van der Waals surface area contributed by atoms with E-state index in [9.17, 15) is 13.2 Å². The molecule has 0 saturated carbocycles. The van der Waals surface area contributed by atoms with Gasteiger partial charge in [-0.1, -0.05) is 11.6 Å². The molecule has 1 rings (SSSR count). The molecule has 5 heteroatoms. The Hall–Kier alpha value is -0.770. The van der Waals surface area contributed by atoms with Crippen LogP contribution < -0.4 is 0 Å². The molecule has 53 valence electrons. The Labute approximate surface area is 59.5 Å². The molecule has 0 unspecified atom stereocenters. The predicted molar refractivity (Wildman–Crippen MR) is 28.0 cm³/mol. The van der Waals surface area contributed by atoms with E-state index in [1.165, 1.54) is 0 Å². The van der Waals surface area contributed by atoms with E-state index in [0.29, 0.717) is 0 Å². The average Bonchev–Trinajstić information content (AvgIpc) is 1.93. The molecular formula is C5ClF3N. The predicted octanol–water partition coefficient (Wildman–Crippen LogP) is 1.95. The van der Waals surface area contributed by atoms with Crippen molar-refractivity contribution in [3.8, 4) is 0 Å². The highest BCUT2D eigenvalue weighted by Crippen LogP contribution is 2.15. The monoisotopic (exact) mass is 166 g/mol. The molecule has 0 aliphatic carbocycles. The summed E-state index contributed by atoms with van der Waals surface area (Å²) in [4.78, 5) is 2.70. The number of rotatable bonds is 0. The maximum atomic E-state index is 12.2. The lowest BCUT2D eigenvalue weighted by molar-refractivity contribution is 0.426. The summed E-state index contributed by atoms with van der Waals surface area (Å²) in [7, 11) is 0. The van der Waals surface area contributed by atoms with Crippen molar-refractivity contribution in [2.75, 3.05) is 0 Å². The van der Waals surface area contributed by atoms with Crippen LogP contribution in [0.2, 0.25) is 5.02 Å². The van der Waals surface area contributed by atoms with Gasteiger partial charge < -0.3 is 0 Å². The Balaban J connectivity index is 3.34. The first kappa shape index (κ1) is 7.34. The van der Waals surface area contributed by atoms with Crippen molar-refractivity contribution < 1.29 is 13.2 Å². The molecule has 0 amide bonds. The van der Waals surface area contributed by atoms with Gasteiger partial charge in [0, 0.05) is 0 Å². The van der Waals surface area contributed by atoms with E-state index in [2.05, 4.69) is 4.98 Å². The van der Waals surface area contributed by atoms with E-state index in [0.717, 1.165) is 0 Å². The molecule has 0 N–H and O–H groups in total. The van der Waals surface area contributed by atoms with E-state index in [1.54, 1.807) is 6.20 Å². The fourth-order valence-electron chi connectivity index (χ4n) is 0.383. The van der Waals surface area contributed by atoms with Crippen LogP contribution in [0.1, 0.15) is 0 Å². The van der Waals surface area contributed by atoms with Crippen molar-refractivity contribution >= 4 is 11.6 Å². The van der Waals surface area contributed by atoms with Gasteiger partial charge >= 0.3 is 0 Å². The van der Waals surface area contributed by atoms with Gasteiger partial charge in [0.05, 0.1) is 0 Å². The lowest BCUT2D eigenvalue weighted by Crippen LogP contribution is -1.94. The Kier molecular flexibility index (Phi) is 1.80. The second-order valence-corrected chi connectivity index (χ2v) is 1.83. The van der Waals surface area contributed by atoms with Gasteiger partial charge in [0.2, 0.25) is 5.82 Å². The minimum Gasteiger partial charge on any atom is -0.214 e. The van der Waals surface area contributed by atoms with Gasteiger partial charge in [0.15, 0.2) is 5.82 Å².